The van der Waals surface area contributed by atoms with Crippen LogP contribution >= 0.6 is 11.3 Å². The van der Waals surface area contributed by atoms with Gasteiger partial charge in [0.15, 0.2) is 5.13 Å². The summed E-state index contributed by atoms with van der Waals surface area (Å²) in [5.74, 6) is -0.0827. The maximum atomic E-state index is 11.0. The number of hydrogen-bond donors (Lipinski definition) is 2. The van der Waals surface area contributed by atoms with Gasteiger partial charge < -0.3 is 10.6 Å². The van der Waals surface area contributed by atoms with Crippen LogP contribution in [0.4, 0.5) is 16.5 Å². The average Bonchev–Trinajstić information content (AvgIpc) is 2.98. The molecule has 3 rings (SSSR count). The van der Waals surface area contributed by atoms with E-state index in [9.17, 15) is 4.79 Å². The van der Waals surface area contributed by atoms with E-state index in [2.05, 4.69) is 20.6 Å². The lowest BCUT2D eigenvalue weighted by Gasteiger charge is -2.05. The smallest absolute Gasteiger partial charge is 0.221 e. The van der Waals surface area contributed by atoms with Gasteiger partial charge >= 0.3 is 0 Å². The van der Waals surface area contributed by atoms with Crippen LogP contribution in [0.5, 0.6) is 0 Å². The normalized spacial score (nSPS) is 10.2. The maximum absolute atomic E-state index is 11.0. The summed E-state index contributed by atoms with van der Waals surface area (Å²) in [6, 6.07) is 13.2. The van der Waals surface area contributed by atoms with Crippen molar-refractivity contribution < 1.29 is 4.79 Å². The fourth-order valence-electron chi connectivity index (χ4n) is 1.93. The lowest BCUT2D eigenvalue weighted by atomic mass is 10.3. The first-order valence-electron chi connectivity index (χ1n) is 6.72. The highest BCUT2D eigenvalue weighted by Crippen LogP contribution is 2.26. The van der Waals surface area contributed by atoms with Gasteiger partial charge in [-0.3, -0.25) is 9.78 Å². The van der Waals surface area contributed by atoms with Crippen molar-refractivity contribution >= 4 is 33.8 Å². The predicted molar refractivity (Wildman–Crippen MR) is 89.4 cm³/mol. The van der Waals surface area contributed by atoms with Crippen molar-refractivity contribution in [1.82, 2.24) is 9.97 Å². The van der Waals surface area contributed by atoms with E-state index in [4.69, 9.17) is 0 Å². The molecule has 0 atom stereocenters. The van der Waals surface area contributed by atoms with Crippen molar-refractivity contribution in [3.63, 3.8) is 0 Å². The number of rotatable bonds is 4. The molecule has 0 radical (unpaired) electrons. The van der Waals surface area contributed by atoms with E-state index in [1.54, 1.807) is 6.20 Å². The van der Waals surface area contributed by atoms with E-state index in [-0.39, 0.29) is 5.91 Å². The molecule has 0 saturated heterocycles. The van der Waals surface area contributed by atoms with Gasteiger partial charge in [0.2, 0.25) is 5.91 Å². The standard InChI is InChI=1S/C16H14N4OS/c1-11(21)18-12-5-7-13(8-6-12)19-16-20-15(10-22-16)14-4-2-3-9-17-14/h2-10H,1H3,(H,18,21)(H,19,20). The van der Waals surface area contributed by atoms with Gasteiger partial charge in [0.25, 0.3) is 0 Å². The molecule has 2 N–H and O–H groups in total. The summed E-state index contributed by atoms with van der Waals surface area (Å²) in [6.45, 7) is 1.49. The molecule has 2 aromatic heterocycles. The fraction of sp³-hybridized carbons (Fsp3) is 0.0625. The quantitative estimate of drug-likeness (QED) is 0.767. The molecule has 2 heterocycles. The molecule has 0 spiro atoms. The van der Waals surface area contributed by atoms with Gasteiger partial charge in [0.1, 0.15) is 5.69 Å². The van der Waals surface area contributed by atoms with E-state index in [1.807, 2.05) is 47.8 Å². The zero-order chi connectivity index (χ0) is 15.4. The highest BCUT2D eigenvalue weighted by atomic mass is 32.1. The Kier molecular flexibility index (Phi) is 4.11. The number of carbonyl (C=O) groups excluding carboxylic acids is 1. The lowest BCUT2D eigenvalue weighted by molar-refractivity contribution is -0.114. The van der Waals surface area contributed by atoms with Crippen LogP contribution in [0.25, 0.3) is 11.4 Å². The topological polar surface area (TPSA) is 66.9 Å². The van der Waals surface area contributed by atoms with Gasteiger partial charge in [0, 0.05) is 29.9 Å². The summed E-state index contributed by atoms with van der Waals surface area (Å²) in [6.07, 6.45) is 1.75. The first-order chi connectivity index (χ1) is 10.7. The molecule has 5 nitrogen and oxygen atoms in total. The molecule has 3 aromatic rings. The fourth-order valence-corrected chi connectivity index (χ4v) is 2.65. The summed E-state index contributed by atoms with van der Waals surface area (Å²) >= 11 is 1.52. The van der Waals surface area contributed by atoms with Gasteiger partial charge in [-0.1, -0.05) is 6.07 Å². The first kappa shape index (κ1) is 14.2. The van der Waals surface area contributed by atoms with Crippen LogP contribution in [-0.4, -0.2) is 15.9 Å². The van der Waals surface area contributed by atoms with Crippen LogP contribution < -0.4 is 10.6 Å². The largest absolute Gasteiger partial charge is 0.332 e. The van der Waals surface area contributed by atoms with E-state index in [0.29, 0.717) is 0 Å². The molecule has 0 unspecified atom stereocenters. The molecule has 0 aliphatic heterocycles. The number of nitrogens with zero attached hydrogens (tertiary/aromatic N) is 2. The summed E-state index contributed by atoms with van der Waals surface area (Å²) < 4.78 is 0. The molecule has 6 heteroatoms. The van der Waals surface area contributed by atoms with Gasteiger partial charge in [-0.2, -0.15) is 0 Å². The highest BCUT2D eigenvalue weighted by molar-refractivity contribution is 7.14. The Hall–Kier alpha value is -2.73. The van der Waals surface area contributed by atoms with Crippen molar-refractivity contribution in [2.75, 3.05) is 10.6 Å². The highest BCUT2D eigenvalue weighted by Gasteiger charge is 2.05. The van der Waals surface area contributed by atoms with Crippen molar-refractivity contribution in [2.24, 2.45) is 0 Å². The minimum Gasteiger partial charge on any atom is -0.332 e. The Balaban J connectivity index is 1.71. The summed E-state index contributed by atoms with van der Waals surface area (Å²) in [5.41, 5.74) is 3.39. The Morgan fingerprint density at radius 1 is 1.05 bits per heavy atom. The number of anilines is 3. The average molecular weight is 310 g/mol. The third kappa shape index (κ3) is 3.48. The molecule has 0 bridgehead atoms. The van der Waals surface area contributed by atoms with E-state index in [1.165, 1.54) is 18.3 Å². The third-order valence-corrected chi connectivity index (χ3v) is 3.65. The molecule has 0 aliphatic carbocycles. The molecule has 22 heavy (non-hydrogen) atoms. The van der Waals surface area contributed by atoms with Crippen LogP contribution in [0, 0.1) is 0 Å². The second-order valence-corrected chi connectivity index (χ2v) is 5.49. The monoisotopic (exact) mass is 310 g/mol. The molecule has 0 fully saturated rings. The van der Waals surface area contributed by atoms with Crippen molar-refractivity contribution in [3.8, 4) is 11.4 Å². The summed E-state index contributed by atoms with van der Waals surface area (Å²) in [4.78, 5) is 19.8. The van der Waals surface area contributed by atoms with Gasteiger partial charge in [0.05, 0.1) is 5.69 Å². The van der Waals surface area contributed by atoms with Crippen LogP contribution in [-0.2, 0) is 4.79 Å². The van der Waals surface area contributed by atoms with Crippen molar-refractivity contribution in [1.29, 1.82) is 0 Å². The van der Waals surface area contributed by atoms with Crippen molar-refractivity contribution in [2.45, 2.75) is 6.92 Å². The second kappa shape index (κ2) is 6.36. The van der Waals surface area contributed by atoms with Crippen LogP contribution in [0.3, 0.4) is 0 Å². The maximum Gasteiger partial charge on any atom is 0.221 e. The number of nitrogens with one attached hydrogen (secondary N) is 2. The Labute approximate surface area is 132 Å². The zero-order valence-electron chi connectivity index (χ0n) is 11.9. The van der Waals surface area contributed by atoms with E-state index < -0.39 is 0 Å². The predicted octanol–water partition coefficient (Wildman–Crippen LogP) is 3.91. The molecule has 1 amide bonds. The Morgan fingerprint density at radius 2 is 1.82 bits per heavy atom. The minimum absolute atomic E-state index is 0.0827. The number of thiazole rings is 1. The Bertz CT molecular complexity index is 768. The van der Waals surface area contributed by atoms with Crippen molar-refractivity contribution in [3.05, 3.63) is 54.0 Å². The molecule has 0 aliphatic rings. The zero-order valence-corrected chi connectivity index (χ0v) is 12.7. The number of pyridine rings is 1. The van der Waals surface area contributed by atoms with E-state index in [0.717, 1.165) is 27.9 Å². The molecular weight excluding hydrogens is 296 g/mol. The number of carbonyl (C=O) groups is 1. The molecule has 110 valence electrons. The lowest BCUT2D eigenvalue weighted by Crippen LogP contribution is -2.05. The SMILES string of the molecule is CC(=O)Nc1ccc(Nc2nc(-c3ccccn3)cs2)cc1. The van der Waals surface area contributed by atoms with Crippen LogP contribution in [0.15, 0.2) is 54.0 Å². The summed E-state index contributed by atoms with van der Waals surface area (Å²) in [5, 5.41) is 8.74. The first-order valence-corrected chi connectivity index (χ1v) is 7.60. The molecule has 0 saturated carbocycles. The van der Waals surface area contributed by atoms with Crippen LogP contribution in [0.1, 0.15) is 6.92 Å². The number of benzene rings is 1. The van der Waals surface area contributed by atoms with Gasteiger partial charge in [-0.25, -0.2) is 4.98 Å². The Morgan fingerprint density at radius 3 is 2.50 bits per heavy atom. The number of aromatic nitrogens is 2. The van der Waals surface area contributed by atoms with E-state index >= 15 is 0 Å². The molecular formula is C16H14N4OS. The minimum atomic E-state index is -0.0827. The second-order valence-electron chi connectivity index (χ2n) is 4.64. The van der Waals surface area contributed by atoms with Gasteiger partial charge in [-0.05, 0) is 36.4 Å². The number of hydrogen-bond acceptors (Lipinski definition) is 5. The van der Waals surface area contributed by atoms with Gasteiger partial charge in [-0.15, -0.1) is 11.3 Å². The number of amides is 1. The summed E-state index contributed by atoms with van der Waals surface area (Å²) in [7, 11) is 0. The van der Waals surface area contributed by atoms with Crippen LogP contribution in [0.2, 0.25) is 0 Å². The third-order valence-electron chi connectivity index (χ3n) is 2.89. The molecule has 1 aromatic carbocycles.